The molecular formula is C18H16BrClN4O. The summed E-state index contributed by atoms with van der Waals surface area (Å²) >= 11 is 9.76. The normalized spacial score (nSPS) is 15.0. The molecule has 2 aromatic heterocycles. The lowest BCUT2D eigenvalue weighted by molar-refractivity contribution is -0.119. The molecule has 0 unspecified atom stereocenters. The number of nitrogens with zero attached hydrogens (tertiary/aromatic N) is 3. The summed E-state index contributed by atoms with van der Waals surface area (Å²) in [4.78, 5) is 21.1. The highest BCUT2D eigenvalue weighted by Crippen LogP contribution is 2.31. The van der Waals surface area contributed by atoms with Crippen molar-refractivity contribution in [3.63, 3.8) is 0 Å². The third-order valence-electron chi connectivity index (χ3n) is 4.51. The molecule has 1 fully saturated rings. The standard InChI is InChI=1S/C18H16BrClN4O/c19-12-8-21-18-23-16(10-24(18)9-12)14-7-13(5-6-15(14)20)22-17(25)11-3-1-2-4-11/h5-11H,1-4H2,(H,22,25). The largest absolute Gasteiger partial charge is 0.326 e. The van der Waals surface area contributed by atoms with Crippen molar-refractivity contribution in [1.82, 2.24) is 14.4 Å². The molecule has 0 saturated heterocycles. The van der Waals surface area contributed by atoms with Crippen LogP contribution in [0.25, 0.3) is 17.0 Å². The molecule has 1 N–H and O–H groups in total. The Balaban J connectivity index is 1.65. The molecule has 1 saturated carbocycles. The van der Waals surface area contributed by atoms with Crippen LogP contribution < -0.4 is 5.32 Å². The molecule has 1 amide bonds. The molecule has 4 rings (SSSR count). The molecule has 0 aliphatic heterocycles. The highest BCUT2D eigenvalue weighted by molar-refractivity contribution is 9.10. The number of amides is 1. The predicted octanol–water partition coefficient (Wildman–Crippen LogP) is 4.94. The Labute approximate surface area is 158 Å². The number of hydrogen-bond donors (Lipinski definition) is 1. The molecule has 0 spiro atoms. The van der Waals surface area contributed by atoms with Gasteiger partial charge >= 0.3 is 0 Å². The maximum Gasteiger partial charge on any atom is 0.234 e. The number of carbonyl (C=O) groups is 1. The minimum absolute atomic E-state index is 0.0892. The molecule has 0 atom stereocenters. The fourth-order valence-corrected chi connectivity index (χ4v) is 3.76. The summed E-state index contributed by atoms with van der Waals surface area (Å²) < 4.78 is 2.70. The zero-order chi connectivity index (χ0) is 17.4. The van der Waals surface area contributed by atoms with Gasteiger partial charge in [-0.1, -0.05) is 24.4 Å². The van der Waals surface area contributed by atoms with Gasteiger partial charge in [-0.25, -0.2) is 9.97 Å². The van der Waals surface area contributed by atoms with E-state index < -0.39 is 0 Å². The van der Waals surface area contributed by atoms with Gasteiger partial charge in [0.25, 0.3) is 0 Å². The monoisotopic (exact) mass is 418 g/mol. The number of carbonyl (C=O) groups excluding carboxylic acids is 1. The second kappa shape index (κ2) is 6.77. The van der Waals surface area contributed by atoms with E-state index in [9.17, 15) is 4.79 Å². The Hall–Kier alpha value is -1.92. The summed E-state index contributed by atoms with van der Waals surface area (Å²) in [6.07, 6.45) is 9.67. The zero-order valence-corrected chi connectivity index (χ0v) is 15.7. The molecular weight excluding hydrogens is 404 g/mol. The number of halogens is 2. The molecule has 3 aromatic rings. The average Bonchev–Trinajstić information content (AvgIpc) is 3.25. The lowest BCUT2D eigenvalue weighted by Gasteiger charge is -2.11. The summed E-state index contributed by atoms with van der Waals surface area (Å²) in [6, 6.07) is 5.48. The quantitative estimate of drug-likeness (QED) is 0.654. The van der Waals surface area contributed by atoms with Gasteiger partial charge in [0.2, 0.25) is 11.7 Å². The van der Waals surface area contributed by atoms with Crippen molar-refractivity contribution in [2.75, 3.05) is 5.32 Å². The van der Waals surface area contributed by atoms with Crippen LogP contribution in [0.3, 0.4) is 0 Å². The van der Waals surface area contributed by atoms with Gasteiger partial charge in [-0.15, -0.1) is 0 Å². The number of aromatic nitrogens is 3. The smallest absolute Gasteiger partial charge is 0.234 e. The Bertz CT molecular complexity index is 949. The van der Waals surface area contributed by atoms with Crippen molar-refractivity contribution in [3.05, 3.63) is 46.3 Å². The van der Waals surface area contributed by atoms with Gasteiger partial charge in [0.05, 0.1) is 15.2 Å². The van der Waals surface area contributed by atoms with Crippen LogP contribution in [-0.4, -0.2) is 20.3 Å². The summed E-state index contributed by atoms with van der Waals surface area (Å²) in [6.45, 7) is 0. The number of nitrogens with one attached hydrogen (secondary N) is 1. The van der Waals surface area contributed by atoms with E-state index in [1.54, 1.807) is 12.3 Å². The summed E-state index contributed by atoms with van der Waals surface area (Å²) in [7, 11) is 0. The Morgan fingerprint density at radius 1 is 1.28 bits per heavy atom. The molecule has 128 valence electrons. The molecule has 1 aliphatic carbocycles. The van der Waals surface area contributed by atoms with Crippen LogP contribution >= 0.6 is 27.5 Å². The van der Waals surface area contributed by atoms with E-state index in [0.29, 0.717) is 16.5 Å². The van der Waals surface area contributed by atoms with E-state index in [1.165, 1.54) is 0 Å². The van der Waals surface area contributed by atoms with Crippen LogP contribution in [0, 0.1) is 5.92 Å². The molecule has 1 aromatic carbocycles. The average molecular weight is 420 g/mol. The number of hydrogen-bond acceptors (Lipinski definition) is 3. The first-order chi connectivity index (χ1) is 12.1. The van der Waals surface area contributed by atoms with Crippen LogP contribution in [0.1, 0.15) is 25.7 Å². The van der Waals surface area contributed by atoms with Gasteiger partial charge in [-0.05, 0) is 47.0 Å². The number of benzene rings is 1. The number of rotatable bonds is 3. The van der Waals surface area contributed by atoms with Crippen LogP contribution in [-0.2, 0) is 4.79 Å². The first-order valence-corrected chi connectivity index (χ1v) is 9.38. The number of anilines is 1. The second-order valence-electron chi connectivity index (χ2n) is 6.27. The fraction of sp³-hybridized carbons (Fsp3) is 0.278. The van der Waals surface area contributed by atoms with Crippen molar-refractivity contribution in [2.24, 2.45) is 5.92 Å². The number of fused-ring (bicyclic) bond motifs is 1. The van der Waals surface area contributed by atoms with Gasteiger partial charge in [0.1, 0.15) is 0 Å². The molecule has 0 bridgehead atoms. The van der Waals surface area contributed by atoms with Crippen LogP contribution in [0.15, 0.2) is 41.3 Å². The van der Waals surface area contributed by atoms with Crippen molar-refractivity contribution in [2.45, 2.75) is 25.7 Å². The summed E-state index contributed by atoms with van der Waals surface area (Å²) in [5.41, 5.74) is 2.22. The van der Waals surface area contributed by atoms with Gasteiger partial charge in [-0.3, -0.25) is 9.20 Å². The summed E-state index contributed by atoms with van der Waals surface area (Å²) in [5, 5.41) is 3.59. The fourth-order valence-electron chi connectivity index (χ4n) is 3.22. The first-order valence-electron chi connectivity index (χ1n) is 8.21. The Kier molecular flexibility index (Phi) is 4.48. The van der Waals surface area contributed by atoms with Gasteiger partial charge < -0.3 is 5.32 Å². The molecule has 7 heteroatoms. The second-order valence-corrected chi connectivity index (χ2v) is 7.59. The molecule has 2 heterocycles. The molecule has 1 aliphatic rings. The maximum atomic E-state index is 12.3. The van der Waals surface area contributed by atoms with E-state index in [1.807, 2.05) is 28.9 Å². The maximum absolute atomic E-state index is 12.3. The SMILES string of the molecule is O=C(Nc1ccc(Cl)c(-c2cn3cc(Br)cnc3n2)c1)C1CCCC1. The van der Waals surface area contributed by atoms with E-state index in [2.05, 4.69) is 31.2 Å². The predicted molar refractivity (Wildman–Crippen MR) is 102 cm³/mol. The lowest BCUT2D eigenvalue weighted by Crippen LogP contribution is -2.20. The van der Waals surface area contributed by atoms with Crippen molar-refractivity contribution < 1.29 is 4.79 Å². The van der Waals surface area contributed by atoms with Crippen LogP contribution in [0.4, 0.5) is 5.69 Å². The third-order valence-corrected chi connectivity index (χ3v) is 5.25. The van der Waals surface area contributed by atoms with Crippen molar-refractivity contribution in [1.29, 1.82) is 0 Å². The van der Waals surface area contributed by atoms with Crippen LogP contribution in [0.5, 0.6) is 0 Å². The summed E-state index contributed by atoms with van der Waals surface area (Å²) in [5.74, 6) is 0.803. The number of imidazole rings is 1. The first kappa shape index (κ1) is 16.5. The van der Waals surface area contributed by atoms with Crippen molar-refractivity contribution in [3.8, 4) is 11.3 Å². The Morgan fingerprint density at radius 2 is 2.08 bits per heavy atom. The topological polar surface area (TPSA) is 59.3 Å². The van der Waals surface area contributed by atoms with E-state index >= 15 is 0 Å². The minimum Gasteiger partial charge on any atom is -0.326 e. The van der Waals surface area contributed by atoms with Crippen LogP contribution in [0.2, 0.25) is 5.02 Å². The Morgan fingerprint density at radius 3 is 2.88 bits per heavy atom. The zero-order valence-electron chi connectivity index (χ0n) is 13.4. The van der Waals surface area contributed by atoms with Gasteiger partial charge in [0, 0.05) is 35.8 Å². The highest BCUT2D eigenvalue weighted by Gasteiger charge is 2.23. The van der Waals surface area contributed by atoms with E-state index in [4.69, 9.17) is 11.6 Å². The minimum atomic E-state index is 0.0892. The third kappa shape index (κ3) is 3.41. The van der Waals surface area contributed by atoms with Gasteiger partial charge in [0.15, 0.2) is 0 Å². The van der Waals surface area contributed by atoms with E-state index in [-0.39, 0.29) is 11.8 Å². The highest BCUT2D eigenvalue weighted by atomic mass is 79.9. The molecule has 25 heavy (non-hydrogen) atoms. The molecule has 5 nitrogen and oxygen atoms in total. The van der Waals surface area contributed by atoms with Gasteiger partial charge in [-0.2, -0.15) is 0 Å². The van der Waals surface area contributed by atoms with Crippen molar-refractivity contribution >= 4 is 44.9 Å². The van der Waals surface area contributed by atoms with E-state index in [0.717, 1.165) is 41.4 Å². The lowest BCUT2D eigenvalue weighted by atomic mass is 10.1. The molecule has 0 radical (unpaired) electrons.